The molecule has 0 fully saturated rings. The van der Waals surface area contributed by atoms with Crippen LogP contribution in [-0.4, -0.2) is 10.9 Å². The minimum absolute atomic E-state index is 0.116. The summed E-state index contributed by atoms with van der Waals surface area (Å²) in [5.41, 5.74) is 7.54. The third-order valence-electron chi connectivity index (χ3n) is 2.56. The van der Waals surface area contributed by atoms with Crippen LogP contribution >= 0.6 is 11.3 Å². The maximum absolute atomic E-state index is 11.9. The number of amides is 1. The fraction of sp³-hybridized carbons (Fsp3) is 0.167. The van der Waals surface area contributed by atoms with Crippen LogP contribution in [0.15, 0.2) is 29.1 Å². The quantitative estimate of drug-likeness (QED) is 0.578. The zero-order valence-corrected chi connectivity index (χ0v) is 10.8. The second-order valence-corrected chi connectivity index (χ2v) is 4.56. The molecule has 4 N–H and O–H groups in total. The lowest BCUT2D eigenvalue weighted by Crippen LogP contribution is -2.23. The molecule has 0 aliphatic carbocycles. The fourth-order valence-electron chi connectivity index (χ4n) is 1.56. The minimum Gasteiger partial charge on any atom is -0.346 e. The fourth-order valence-corrected chi connectivity index (χ4v) is 2.12. The molecule has 0 unspecified atom stereocenters. The van der Waals surface area contributed by atoms with Crippen LogP contribution in [0, 0.1) is 6.92 Å². The Labute approximate surface area is 109 Å². The highest BCUT2D eigenvalue weighted by Crippen LogP contribution is 2.15. The van der Waals surface area contributed by atoms with E-state index in [1.807, 2.05) is 12.3 Å². The molecule has 18 heavy (non-hydrogen) atoms. The molecule has 1 aromatic carbocycles. The van der Waals surface area contributed by atoms with Crippen molar-refractivity contribution in [3.05, 3.63) is 45.9 Å². The Morgan fingerprint density at radius 2 is 2.33 bits per heavy atom. The Morgan fingerprint density at radius 1 is 1.50 bits per heavy atom. The first-order valence-electron chi connectivity index (χ1n) is 5.43. The molecular weight excluding hydrogens is 248 g/mol. The van der Waals surface area contributed by atoms with Crippen LogP contribution in [0.3, 0.4) is 0 Å². The molecule has 0 saturated carbocycles. The van der Waals surface area contributed by atoms with E-state index in [4.69, 9.17) is 5.84 Å². The predicted octanol–water partition coefficient (Wildman–Crippen LogP) is 1.67. The Bertz CT molecular complexity index is 539. The van der Waals surface area contributed by atoms with Gasteiger partial charge in [-0.3, -0.25) is 10.6 Å². The Kier molecular flexibility index (Phi) is 3.91. The second kappa shape index (κ2) is 5.61. The predicted molar refractivity (Wildman–Crippen MR) is 72.3 cm³/mol. The van der Waals surface area contributed by atoms with Crippen molar-refractivity contribution in [2.75, 3.05) is 5.43 Å². The maximum Gasteiger partial charge on any atom is 0.251 e. The van der Waals surface area contributed by atoms with Gasteiger partial charge in [0, 0.05) is 10.9 Å². The van der Waals surface area contributed by atoms with Crippen LogP contribution in [0.4, 0.5) is 5.69 Å². The minimum atomic E-state index is -0.116. The van der Waals surface area contributed by atoms with Gasteiger partial charge in [0.05, 0.1) is 23.4 Å². The second-order valence-electron chi connectivity index (χ2n) is 3.84. The summed E-state index contributed by atoms with van der Waals surface area (Å²) in [6.45, 7) is 2.34. The van der Waals surface area contributed by atoms with Crippen molar-refractivity contribution in [3.8, 4) is 0 Å². The molecule has 0 aliphatic heterocycles. The van der Waals surface area contributed by atoms with Gasteiger partial charge in [0.15, 0.2) is 0 Å². The number of aryl methyl sites for hydroxylation is 1. The van der Waals surface area contributed by atoms with Crippen molar-refractivity contribution in [3.63, 3.8) is 0 Å². The topological polar surface area (TPSA) is 80.0 Å². The number of nitrogens with two attached hydrogens (primary N) is 1. The average molecular weight is 262 g/mol. The molecule has 2 aromatic rings. The summed E-state index contributed by atoms with van der Waals surface area (Å²) in [5.74, 6) is 5.23. The van der Waals surface area contributed by atoms with Gasteiger partial charge < -0.3 is 10.7 Å². The maximum atomic E-state index is 11.9. The van der Waals surface area contributed by atoms with Crippen molar-refractivity contribution in [2.45, 2.75) is 13.5 Å². The van der Waals surface area contributed by atoms with Crippen molar-refractivity contribution < 1.29 is 4.79 Å². The lowest BCUT2D eigenvalue weighted by molar-refractivity contribution is 0.0950. The third kappa shape index (κ3) is 2.85. The average Bonchev–Trinajstić information content (AvgIpc) is 2.89. The molecule has 1 heterocycles. The number of anilines is 1. The molecule has 94 valence electrons. The van der Waals surface area contributed by atoms with Crippen LogP contribution in [-0.2, 0) is 6.54 Å². The summed E-state index contributed by atoms with van der Waals surface area (Å²) < 4.78 is 0. The van der Waals surface area contributed by atoms with Gasteiger partial charge in [0.25, 0.3) is 5.91 Å². The van der Waals surface area contributed by atoms with Crippen LogP contribution < -0.4 is 16.6 Å². The molecule has 1 amide bonds. The normalized spacial score (nSPS) is 10.1. The number of carbonyl (C=O) groups is 1. The number of hydrogen-bond donors (Lipinski definition) is 3. The van der Waals surface area contributed by atoms with E-state index in [2.05, 4.69) is 15.7 Å². The van der Waals surface area contributed by atoms with E-state index in [0.717, 1.165) is 16.9 Å². The van der Waals surface area contributed by atoms with Crippen molar-refractivity contribution in [1.29, 1.82) is 0 Å². The first kappa shape index (κ1) is 12.5. The van der Waals surface area contributed by atoms with Crippen molar-refractivity contribution in [1.82, 2.24) is 10.3 Å². The van der Waals surface area contributed by atoms with Gasteiger partial charge in [0.2, 0.25) is 0 Å². The summed E-state index contributed by atoms with van der Waals surface area (Å²) in [4.78, 5) is 16.0. The smallest absolute Gasteiger partial charge is 0.251 e. The number of nitrogen functional groups attached to an aromatic ring is 1. The highest BCUT2D eigenvalue weighted by Gasteiger charge is 2.07. The lowest BCUT2D eigenvalue weighted by Gasteiger charge is -2.08. The summed E-state index contributed by atoms with van der Waals surface area (Å²) in [7, 11) is 0. The number of thiazole rings is 1. The van der Waals surface area contributed by atoms with E-state index >= 15 is 0 Å². The Morgan fingerprint density at radius 3 is 2.94 bits per heavy atom. The monoisotopic (exact) mass is 262 g/mol. The first-order chi connectivity index (χ1) is 8.70. The first-order valence-corrected chi connectivity index (χ1v) is 6.37. The van der Waals surface area contributed by atoms with Crippen LogP contribution in [0.2, 0.25) is 0 Å². The molecule has 0 saturated heterocycles. The number of nitrogens with zero attached hydrogens (tertiary/aromatic N) is 1. The largest absolute Gasteiger partial charge is 0.346 e. The number of nitrogens with one attached hydrogen (secondary N) is 2. The van der Waals surface area contributed by atoms with Gasteiger partial charge >= 0.3 is 0 Å². The van der Waals surface area contributed by atoms with Gasteiger partial charge in [-0.05, 0) is 30.7 Å². The number of benzene rings is 1. The highest BCUT2D eigenvalue weighted by molar-refractivity contribution is 7.07. The highest BCUT2D eigenvalue weighted by atomic mass is 32.1. The number of rotatable bonds is 4. The van der Waals surface area contributed by atoms with Gasteiger partial charge in [-0.1, -0.05) is 0 Å². The zero-order valence-electron chi connectivity index (χ0n) is 9.93. The number of hydrogen-bond acceptors (Lipinski definition) is 5. The standard InChI is InChI=1S/C12H14N4OS/c1-8-4-9(2-3-11(8)16-13)12(17)14-5-10-6-18-7-15-10/h2-4,6-7,16H,5,13H2,1H3,(H,14,17). The summed E-state index contributed by atoms with van der Waals surface area (Å²) in [5, 5.41) is 4.73. The summed E-state index contributed by atoms with van der Waals surface area (Å²) >= 11 is 1.51. The van der Waals surface area contributed by atoms with Gasteiger partial charge in [0.1, 0.15) is 0 Å². The van der Waals surface area contributed by atoms with Crippen LogP contribution in [0.5, 0.6) is 0 Å². The SMILES string of the molecule is Cc1cc(C(=O)NCc2cscn2)ccc1NN. The van der Waals surface area contributed by atoms with Crippen molar-refractivity contribution >= 4 is 22.9 Å². The summed E-state index contributed by atoms with van der Waals surface area (Å²) in [6.07, 6.45) is 0. The molecule has 1 aromatic heterocycles. The van der Waals surface area contributed by atoms with Crippen LogP contribution in [0.25, 0.3) is 0 Å². The molecule has 2 rings (SSSR count). The Hall–Kier alpha value is -1.92. The van der Waals surface area contributed by atoms with E-state index < -0.39 is 0 Å². The Balaban J connectivity index is 2.02. The van der Waals surface area contributed by atoms with E-state index in [1.54, 1.807) is 23.7 Å². The van der Waals surface area contributed by atoms with E-state index in [1.165, 1.54) is 11.3 Å². The van der Waals surface area contributed by atoms with Crippen LogP contribution in [0.1, 0.15) is 21.6 Å². The zero-order chi connectivity index (χ0) is 13.0. The van der Waals surface area contributed by atoms with E-state index in [-0.39, 0.29) is 5.91 Å². The summed E-state index contributed by atoms with van der Waals surface area (Å²) in [6, 6.07) is 5.32. The molecule has 0 bridgehead atoms. The molecule has 5 nitrogen and oxygen atoms in total. The molecule has 6 heteroatoms. The number of aromatic nitrogens is 1. The van der Waals surface area contributed by atoms with Gasteiger partial charge in [-0.25, -0.2) is 4.98 Å². The lowest BCUT2D eigenvalue weighted by atomic mass is 10.1. The number of hydrazine groups is 1. The number of carbonyl (C=O) groups excluding carboxylic acids is 1. The van der Waals surface area contributed by atoms with Gasteiger partial charge in [-0.2, -0.15) is 0 Å². The van der Waals surface area contributed by atoms with E-state index in [9.17, 15) is 4.79 Å². The molecular formula is C12H14N4OS. The molecule has 0 radical (unpaired) electrons. The third-order valence-corrected chi connectivity index (χ3v) is 3.19. The van der Waals surface area contributed by atoms with E-state index in [0.29, 0.717) is 12.1 Å². The van der Waals surface area contributed by atoms with Crippen molar-refractivity contribution in [2.24, 2.45) is 5.84 Å². The molecule has 0 atom stereocenters. The molecule has 0 spiro atoms. The molecule has 0 aliphatic rings. The van der Waals surface area contributed by atoms with Gasteiger partial charge in [-0.15, -0.1) is 11.3 Å².